The Balaban J connectivity index is -0.000000294. The van der Waals surface area contributed by atoms with Gasteiger partial charge < -0.3 is 19.8 Å². The number of hydrogen-bond acceptors (Lipinski definition) is 9. The van der Waals surface area contributed by atoms with E-state index in [1.165, 1.54) is 0 Å². The first kappa shape index (κ1) is 25.0. The van der Waals surface area contributed by atoms with Crippen molar-refractivity contribution in [2.24, 2.45) is 11.8 Å². The van der Waals surface area contributed by atoms with E-state index < -0.39 is 46.9 Å². The molecule has 0 aromatic rings. The molecular formula is C12H14O9V. The summed E-state index contributed by atoms with van der Waals surface area (Å²) < 4.78 is 8.19. The van der Waals surface area contributed by atoms with Crippen LogP contribution in [0.2, 0.25) is 0 Å². The van der Waals surface area contributed by atoms with Gasteiger partial charge in [-0.05, 0) is 27.7 Å². The van der Waals surface area contributed by atoms with Crippen LogP contribution in [0.25, 0.3) is 0 Å². The molecule has 0 atom stereocenters. The van der Waals surface area contributed by atoms with Crippen molar-refractivity contribution >= 4 is 35.1 Å². The van der Waals surface area contributed by atoms with Gasteiger partial charge in [0.15, 0.2) is 0 Å². The Morgan fingerprint density at radius 1 is 0.591 bits per heavy atom. The van der Waals surface area contributed by atoms with Crippen LogP contribution in [0.3, 0.4) is 0 Å². The third-order valence-corrected chi connectivity index (χ3v) is 2.10. The minimum absolute atomic E-state index is 0.687. The first-order chi connectivity index (χ1) is 9.93. The zero-order valence-corrected chi connectivity index (χ0v) is 13.7. The van der Waals surface area contributed by atoms with Crippen molar-refractivity contribution in [3.8, 4) is 0 Å². The van der Waals surface area contributed by atoms with Crippen molar-refractivity contribution in [2.75, 3.05) is 0 Å². The average molecular weight is 353 g/mol. The third-order valence-electron chi connectivity index (χ3n) is 2.10. The summed E-state index contributed by atoms with van der Waals surface area (Å²) in [5.41, 5.74) is 0. The molecule has 0 N–H and O–H groups in total. The number of carbonyl (C=O) groups is 6. The van der Waals surface area contributed by atoms with Crippen molar-refractivity contribution in [3.63, 3.8) is 0 Å². The van der Waals surface area contributed by atoms with Gasteiger partial charge in [-0.2, -0.15) is 0 Å². The van der Waals surface area contributed by atoms with Crippen LogP contribution in [0.15, 0.2) is 0 Å². The first-order valence-corrected chi connectivity index (χ1v) is 6.12. The van der Waals surface area contributed by atoms with Crippen LogP contribution in [0, 0.1) is 11.8 Å². The fourth-order valence-corrected chi connectivity index (χ4v) is 1.24. The van der Waals surface area contributed by atoms with Crippen LogP contribution in [-0.4, -0.2) is 35.1 Å². The van der Waals surface area contributed by atoms with Crippen molar-refractivity contribution in [3.05, 3.63) is 0 Å². The molecule has 0 saturated heterocycles. The van der Waals surface area contributed by atoms with Crippen molar-refractivity contribution in [1.82, 2.24) is 0 Å². The normalized spacial score (nSPS) is 8.91. The Bertz CT molecular complexity index is 361. The van der Waals surface area contributed by atoms with E-state index in [4.69, 9.17) is 3.67 Å². The molecule has 0 heterocycles. The molecule has 0 amide bonds. The minimum atomic E-state index is -1.62. The monoisotopic (exact) mass is 353 g/mol. The summed E-state index contributed by atoms with van der Waals surface area (Å²) >= 11 is 1.06. The zero-order valence-electron chi connectivity index (χ0n) is 12.3. The molecule has 0 saturated carbocycles. The van der Waals surface area contributed by atoms with E-state index >= 15 is 0 Å². The van der Waals surface area contributed by atoms with Gasteiger partial charge in [0.25, 0.3) is 0 Å². The van der Waals surface area contributed by atoms with Gasteiger partial charge in [-0.15, -0.1) is 0 Å². The second-order valence-electron chi connectivity index (χ2n) is 3.95. The first-order valence-electron chi connectivity index (χ1n) is 5.55. The number of carboxylic acids is 2. The zero-order chi connectivity index (χ0) is 18.6. The second-order valence-corrected chi connectivity index (χ2v) is 3.95. The third kappa shape index (κ3) is 10.8. The molecule has 0 aliphatic heterocycles. The molecule has 121 valence electrons. The maximum absolute atomic E-state index is 10.4. The molecule has 0 aliphatic carbocycles. The maximum atomic E-state index is 10.4. The molecule has 0 aliphatic rings. The second kappa shape index (κ2) is 12.7. The Hall–Kier alpha value is -2.00. The summed E-state index contributed by atoms with van der Waals surface area (Å²) in [4.78, 5) is 61.6. The van der Waals surface area contributed by atoms with Gasteiger partial charge in [-0.25, -0.2) is 0 Å². The van der Waals surface area contributed by atoms with E-state index in [1.807, 2.05) is 0 Å². The SMILES string of the molecule is CC(=O)C(C(C)=O)C(=O)[O-].CC(=O)C(C(C)=O)C(=O)[O-].[O]=[V+2]. The molecule has 0 aromatic carbocycles. The number of carboxylic acid groups (broad SMARTS) is 2. The van der Waals surface area contributed by atoms with Gasteiger partial charge in [0.05, 0.1) is 11.9 Å². The molecule has 22 heavy (non-hydrogen) atoms. The van der Waals surface area contributed by atoms with Crippen LogP contribution < -0.4 is 10.2 Å². The summed E-state index contributed by atoms with van der Waals surface area (Å²) in [6.07, 6.45) is 0. The number of rotatable bonds is 6. The average Bonchev–Trinajstić information content (AvgIpc) is 2.28. The summed E-state index contributed by atoms with van der Waals surface area (Å²) in [6, 6.07) is 0. The summed E-state index contributed by atoms with van der Waals surface area (Å²) in [7, 11) is 0. The van der Waals surface area contributed by atoms with Gasteiger partial charge in [0.2, 0.25) is 0 Å². The van der Waals surface area contributed by atoms with E-state index in [9.17, 15) is 39.0 Å². The molecule has 0 spiro atoms. The molecular weight excluding hydrogens is 339 g/mol. The van der Waals surface area contributed by atoms with Gasteiger partial charge in [0, 0.05) is 0 Å². The number of ketones is 4. The van der Waals surface area contributed by atoms with Crippen LogP contribution in [0.5, 0.6) is 0 Å². The molecule has 9 nitrogen and oxygen atoms in total. The van der Waals surface area contributed by atoms with E-state index in [2.05, 4.69) is 0 Å². The van der Waals surface area contributed by atoms with Gasteiger partial charge in [-0.1, -0.05) is 0 Å². The number of aliphatic carboxylic acids is 2. The molecule has 0 aromatic heterocycles. The molecule has 10 heteroatoms. The topological polar surface area (TPSA) is 166 Å². The molecule has 0 bridgehead atoms. The molecule has 0 fully saturated rings. The predicted octanol–water partition coefficient (Wildman–Crippen LogP) is -3.06. The summed E-state index contributed by atoms with van der Waals surface area (Å²) in [5.74, 6) is -9.17. The van der Waals surface area contributed by atoms with E-state index in [0.717, 1.165) is 45.1 Å². The molecule has 0 radical (unpaired) electrons. The Morgan fingerprint density at radius 3 is 0.727 bits per heavy atom. The van der Waals surface area contributed by atoms with Gasteiger partial charge >= 0.3 is 21.0 Å². The van der Waals surface area contributed by atoms with E-state index in [1.54, 1.807) is 0 Å². The Kier molecular flexibility index (Phi) is 14.5. The number of hydrogen-bond donors (Lipinski definition) is 0. The van der Waals surface area contributed by atoms with E-state index in [0.29, 0.717) is 0 Å². The number of carbonyl (C=O) groups excluding carboxylic acids is 6. The van der Waals surface area contributed by atoms with Crippen LogP contribution >= 0.6 is 0 Å². The van der Waals surface area contributed by atoms with Gasteiger partial charge in [0.1, 0.15) is 35.0 Å². The molecule has 0 unspecified atom stereocenters. The van der Waals surface area contributed by atoms with Crippen molar-refractivity contribution in [1.29, 1.82) is 0 Å². The van der Waals surface area contributed by atoms with Crippen LogP contribution in [0.4, 0.5) is 0 Å². The van der Waals surface area contributed by atoms with Crippen LogP contribution in [0.1, 0.15) is 27.7 Å². The van der Waals surface area contributed by atoms with Crippen molar-refractivity contribution < 1.29 is 60.0 Å². The quantitative estimate of drug-likeness (QED) is 0.450. The molecule has 0 rings (SSSR count). The fraction of sp³-hybridized carbons (Fsp3) is 0.500. The van der Waals surface area contributed by atoms with Crippen LogP contribution in [-0.2, 0) is 49.8 Å². The summed E-state index contributed by atoms with van der Waals surface area (Å²) in [6.45, 7) is 4.17. The summed E-state index contributed by atoms with van der Waals surface area (Å²) in [5, 5.41) is 20.1. The van der Waals surface area contributed by atoms with Crippen molar-refractivity contribution in [2.45, 2.75) is 27.7 Å². The fourth-order valence-electron chi connectivity index (χ4n) is 1.24. The standard InChI is InChI=1S/2C6H8O4.O.V/c2*1-3(7)5(4(2)8)6(9)10;;/h2*5H,1-2H3,(H,9,10);;/q;;;+2/p-2. The number of Topliss-reactive ketones (excluding diaryl/α,β-unsaturated/α-hetero) is 4. The van der Waals surface area contributed by atoms with Gasteiger partial charge in [-0.3, -0.25) is 19.2 Å². The Labute approximate surface area is 135 Å². The Morgan fingerprint density at radius 2 is 0.727 bits per heavy atom. The predicted molar refractivity (Wildman–Crippen MR) is 60.4 cm³/mol. The van der Waals surface area contributed by atoms with E-state index in [-0.39, 0.29) is 0 Å².